The largest absolute Gasteiger partial charge is 0.378 e. The van der Waals surface area contributed by atoms with Crippen LogP contribution in [0.4, 0.5) is 11.4 Å². The highest BCUT2D eigenvalue weighted by molar-refractivity contribution is 5.97. The van der Waals surface area contributed by atoms with Gasteiger partial charge in [0.15, 0.2) is 0 Å². The maximum absolute atomic E-state index is 12.4. The second-order valence-corrected chi connectivity index (χ2v) is 6.54. The smallest absolute Gasteiger partial charge is 0.254 e. The average Bonchev–Trinajstić information content (AvgIpc) is 2.78. The van der Waals surface area contributed by atoms with E-state index in [0.29, 0.717) is 48.8 Å². The Hall–Kier alpha value is -3.39. The standard InChI is InChI=1S/C21H24N4O4/c1-22-20(27)16-3-2-4-18(13-16)23-14-19(26)24-17-7-5-15(6-8-17)21(28)25-9-11-29-12-10-25/h2-8,13,23H,9-12,14H2,1H3,(H,22,27)(H,24,26). The minimum absolute atomic E-state index is 0.0381. The Morgan fingerprint density at radius 3 is 2.38 bits per heavy atom. The van der Waals surface area contributed by atoms with E-state index in [4.69, 9.17) is 4.74 Å². The summed E-state index contributed by atoms with van der Waals surface area (Å²) in [4.78, 5) is 38.0. The lowest BCUT2D eigenvalue weighted by Crippen LogP contribution is -2.40. The van der Waals surface area contributed by atoms with Crippen molar-refractivity contribution in [3.63, 3.8) is 0 Å². The molecule has 8 nitrogen and oxygen atoms in total. The van der Waals surface area contributed by atoms with E-state index in [1.165, 1.54) is 0 Å². The van der Waals surface area contributed by atoms with Crippen molar-refractivity contribution in [3.05, 3.63) is 59.7 Å². The Morgan fingerprint density at radius 2 is 1.69 bits per heavy atom. The SMILES string of the molecule is CNC(=O)c1cccc(NCC(=O)Nc2ccc(C(=O)N3CCOCC3)cc2)c1. The summed E-state index contributed by atoms with van der Waals surface area (Å²) in [6, 6.07) is 13.7. The fraction of sp³-hybridized carbons (Fsp3) is 0.286. The third-order valence-corrected chi connectivity index (χ3v) is 4.52. The molecule has 0 saturated carbocycles. The van der Waals surface area contributed by atoms with E-state index in [2.05, 4.69) is 16.0 Å². The lowest BCUT2D eigenvalue weighted by Gasteiger charge is -2.26. The number of morpholine rings is 1. The summed E-state index contributed by atoms with van der Waals surface area (Å²) >= 11 is 0. The number of carbonyl (C=O) groups is 3. The molecule has 3 rings (SSSR count). The summed E-state index contributed by atoms with van der Waals surface area (Å²) in [5.74, 6) is -0.462. The van der Waals surface area contributed by atoms with Gasteiger partial charge in [-0.1, -0.05) is 6.07 Å². The number of ether oxygens (including phenoxy) is 1. The predicted molar refractivity (Wildman–Crippen MR) is 110 cm³/mol. The van der Waals surface area contributed by atoms with Gasteiger partial charge in [0.1, 0.15) is 0 Å². The van der Waals surface area contributed by atoms with Gasteiger partial charge in [0.05, 0.1) is 19.8 Å². The van der Waals surface area contributed by atoms with E-state index in [9.17, 15) is 14.4 Å². The quantitative estimate of drug-likeness (QED) is 0.688. The molecule has 0 bridgehead atoms. The number of hydrogen-bond donors (Lipinski definition) is 3. The second kappa shape index (κ2) is 9.70. The predicted octanol–water partition coefficient (Wildman–Crippen LogP) is 1.57. The lowest BCUT2D eigenvalue weighted by atomic mass is 10.1. The monoisotopic (exact) mass is 396 g/mol. The van der Waals surface area contributed by atoms with E-state index in [0.717, 1.165) is 0 Å². The van der Waals surface area contributed by atoms with Crippen LogP contribution < -0.4 is 16.0 Å². The van der Waals surface area contributed by atoms with Crippen LogP contribution in [0, 0.1) is 0 Å². The molecular formula is C21H24N4O4. The molecule has 1 heterocycles. The van der Waals surface area contributed by atoms with Gasteiger partial charge in [-0.05, 0) is 42.5 Å². The van der Waals surface area contributed by atoms with Crippen molar-refractivity contribution in [1.29, 1.82) is 0 Å². The van der Waals surface area contributed by atoms with E-state index in [-0.39, 0.29) is 24.3 Å². The van der Waals surface area contributed by atoms with Gasteiger partial charge in [-0.15, -0.1) is 0 Å². The third kappa shape index (κ3) is 5.55. The van der Waals surface area contributed by atoms with Crippen LogP contribution in [0.25, 0.3) is 0 Å². The van der Waals surface area contributed by atoms with Crippen molar-refractivity contribution >= 4 is 29.1 Å². The number of amides is 3. The van der Waals surface area contributed by atoms with Crippen molar-refractivity contribution in [1.82, 2.24) is 10.2 Å². The molecule has 0 atom stereocenters. The van der Waals surface area contributed by atoms with E-state index in [1.54, 1.807) is 60.5 Å². The highest BCUT2D eigenvalue weighted by Crippen LogP contribution is 2.13. The van der Waals surface area contributed by atoms with Gasteiger partial charge in [-0.3, -0.25) is 14.4 Å². The first-order valence-electron chi connectivity index (χ1n) is 9.40. The van der Waals surface area contributed by atoms with Crippen LogP contribution in [0.5, 0.6) is 0 Å². The number of benzene rings is 2. The summed E-state index contributed by atoms with van der Waals surface area (Å²) < 4.78 is 5.26. The first-order valence-corrected chi connectivity index (χ1v) is 9.40. The number of rotatable bonds is 6. The molecule has 3 amide bonds. The Bertz CT molecular complexity index is 877. The maximum Gasteiger partial charge on any atom is 0.254 e. The lowest BCUT2D eigenvalue weighted by molar-refractivity contribution is -0.114. The zero-order valence-corrected chi connectivity index (χ0v) is 16.2. The van der Waals surface area contributed by atoms with Crippen LogP contribution in [-0.2, 0) is 9.53 Å². The van der Waals surface area contributed by atoms with E-state index < -0.39 is 0 Å². The molecule has 29 heavy (non-hydrogen) atoms. The first kappa shape index (κ1) is 20.3. The molecule has 8 heteroatoms. The van der Waals surface area contributed by atoms with Crippen LogP contribution >= 0.6 is 0 Å². The number of hydrogen-bond acceptors (Lipinski definition) is 5. The molecule has 1 aliphatic heterocycles. The van der Waals surface area contributed by atoms with Gasteiger partial charge in [0, 0.05) is 42.6 Å². The normalized spacial score (nSPS) is 13.5. The zero-order chi connectivity index (χ0) is 20.6. The molecule has 152 valence electrons. The van der Waals surface area contributed by atoms with Gasteiger partial charge in [0.2, 0.25) is 5.91 Å². The molecule has 1 saturated heterocycles. The molecule has 2 aromatic carbocycles. The fourth-order valence-electron chi connectivity index (χ4n) is 2.95. The number of nitrogens with one attached hydrogen (secondary N) is 3. The van der Waals surface area contributed by atoms with Crippen molar-refractivity contribution in [3.8, 4) is 0 Å². The Balaban J connectivity index is 1.52. The molecular weight excluding hydrogens is 372 g/mol. The highest BCUT2D eigenvalue weighted by atomic mass is 16.5. The number of carbonyl (C=O) groups excluding carboxylic acids is 3. The van der Waals surface area contributed by atoms with Gasteiger partial charge < -0.3 is 25.6 Å². The molecule has 3 N–H and O–H groups in total. The van der Waals surface area contributed by atoms with Gasteiger partial charge in [-0.2, -0.15) is 0 Å². The molecule has 0 aromatic heterocycles. The summed E-state index contributed by atoms with van der Waals surface area (Å²) in [6.45, 7) is 2.33. The molecule has 2 aromatic rings. The third-order valence-electron chi connectivity index (χ3n) is 4.52. The van der Waals surface area contributed by atoms with Gasteiger partial charge >= 0.3 is 0 Å². The van der Waals surface area contributed by atoms with Crippen LogP contribution in [0.1, 0.15) is 20.7 Å². The number of anilines is 2. The highest BCUT2D eigenvalue weighted by Gasteiger charge is 2.18. The van der Waals surface area contributed by atoms with Crippen molar-refractivity contribution in [2.24, 2.45) is 0 Å². The molecule has 0 spiro atoms. The minimum Gasteiger partial charge on any atom is -0.378 e. The average molecular weight is 396 g/mol. The summed E-state index contributed by atoms with van der Waals surface area (Å²) in [6.07, 6.45) is 0. The molecule has 1 fully saturated rings. The number of nitrogens with zero attached hydrogens (tertiary/aromatic N) is 1. The minimum atomic E-state index is -0.234. The first-order chi connectivity index (χ1) is 14.1. The summed E-state index contributed by atoms with van der Waals surface area (Å²) in [5, 5.41) is 8.33. The van der Waals surface area contributed by atoms with E-state index >= 15 is 0 Å². The molecule has 0 radical (unpaired) electrons. The van der Waals surface area contributed by atoms with Crippen molar-refractivity contribution < 1.29 is 19.1 Å². The van der Waals surface area contributed by atoms with Gasteiger partial charge in [0.25, 0.3) is 11.8 Å². The van der Waals surface area contributed by atoms with Crippen molar-refractivity contribution in [2.75, 3.05) is 50.5 Å². The van der Waals surface area contributed by atoms with Crippen molar-refractivity contribution in [2.45, 2.75) is 0 Å². The van der Waals surface area contributed by atoms with E-state index in [1.807, 2.05) is 0 Å². The Kier molecular flexibility index (Phi) is 6.80. The molecule has 0 aliphatic carbocycles. The van der Waals surface area contributed by atoms with Crippen LogP contribution in [-0.4, -0.2) is 62.5 Å². The van der Waals surface area contributed by atoms with Crippen LogP contribution in [0.2, 0.25) is 0 Å². The van der Waals surface area contributed by atoms with Crippen LogP contribution in [0.3, 0.4) is 0 Å². The Labute approximate surface area is 169 Å². The zero-order valence-electron chi connectivity index (χ0n) is 16.2. The maximum atomic E-state index is 12.4. The van der Waals surface area contributed by atoms with Gasteiger partial charge in [-0.25, -0.2) is 0 Å². The Morgan fingerprint density at radius 1 is 0.966 bits per heavy atom. The topological polar surface area (TPSA) is 99.8 Å². The summed E-state index contributed by atoms with van der Waals surface area (Å²) in [7, 11) is 1.57. The molecule has 0 unspecified atom stereocenters. The summed E-state index contributed by atoms with van der Waals surface area (Å²) in [5.41, 5.74) is 2.37. The fourth-order valence-corrected chi connectivity index (χ4v) is 2.95. The van der Waals surface area contributed by atoms with Crippen LogP contribution in [0.15, 0.2) is 48.5 Å². The second-order valence-electron chi connectivity index (χ2n) is 6.54. The molecule has 1 aliphatic rings.